The van der Waals surface area contributed by atoms with Crippen molar-refractivity contribution in [1.82, 2.24) is 0 Å². The number of alkyl halides is 6. The number of hydrogen-bond acceptors (Lipinski definition) is 12. The molecular weight excluding hydrogens is 1240 g/mol. The van der Waals surface area contributed by atoms with E-state index in [2.05, 4.69) is 61.8 Å². The molecule has 1 saturated carbocycles. The van der Waals surface area contributed by atoms with Crippen LogP contribution in [0.25, 0.3) is 22.0 Å². The molecule has 0 aromatic heterocycles. The van der Waals surface area contributed by atoms with Gasteiger partial charge in [0.15, 0.2) is 0 Å². The number of nitro benzene ring substituents is 2. The Hall–Kier alpha value is -8.36. The molecule has 20 heteroatoms. The van der Waals surface area contributed by atoms with Crippen LogP contribution in [0.5, 0.6) is 23.0 Å². The van der Waals surface area contributed by atoms with Gasteiger partial charge in [0.25, 0.3) is 11.4 Å². The number of unbranched alkanes of at least 4 members (excludes halogenated alkanes) is 4. The van der Waals surface area contributed by atoms with Crippen molar-refractivity contribution in [3.63, 3.8) is 0 Å². The highest BCUT2D eigenvalue weighted by Crippen LogP contribution is 2.75. The molecule has 0 saturated heterocycles. The predicted molar refractivity (Wildman–Crippen MR) is 353 cm³/mol. The molecule has 6 aromatic carbocycles. The normalized spacial score (nSPS) is 25.3. The molecule has 2 spiro atoms. The Balaban J connectivity index is 0.614. The fourth-order valence-electron chi connectivity index (χ4n) is 15.1. The molecule has 0 radical (unpaired) electrons. The molecule has 6 aliphatic heterocycles. The van der Waals surface area contributed by atoms with Gasteiger partial charge in [0, 0.05) is 80.8 Å². The first-order valence-corrected chi connectivity index (χ1v) is 32.8. The van der Waals surface area contributed by atoms with Crippen LogP contribution in [0.15, 0.2) is 180 Å². The van der Waals surface area contributed by atoms with E-state index in [-0.39, 0.29) is 22.5 Å². The van der Waals surface area contributed by atoms with Crippen molar-refractivity contribution in [2.45, 2.75) is 130 Å². The molecule has 0 bridgehead atoms. The van der Waals surface area contributed by atoms with Gasteiger partial charge in [-0.1, -0.05) is 60.7 Å². The zero-order valence-electron chi connectivity index (χ0n) is 51.9. The monoisotopic (exact) mass is 1300 g/mol. The van der Waals surface area contributed by atoms with E-state index in [0.717, 1.165) is 48.2 Å². The Morgan fingerprint density at radius 1 is 0.495 bits per heavy atom. The number of hydrogen-bond donors (Lipinski definition) is 0. The third-order valence-electron chi connectivity index (χ3n) is 20.4. The van der Waals surface area contributed by atoms with E-state index < -0.39 is 70.5 Å². The average molecular weight is 1310 g/mol. The van der Waals surface area contributed by atoms with Crippen LogP contribution in [0.1, 0.15) is 113 Å². The highest BCUT2D eigenvalue weighted by molar-refractivity contribution is 8.14. The molecule has 480 valence electrons. The van der Waals surface area contributed by atoms with Gasteiger partial charge in [-0.2, -0.15) is 26.3 Å². The number of allylic oxidation sites excluding steroid dienone is 4. The fraction of sp³-hybridized carbons (Fsp3) is 0.342. The predicted octanol–water partition coefficient (Wildman–Crippen LogP) is 18.7. The van der Waals surface area contributed by atoms with Crippen molar-refractivity contribution in [2.24, 2.45) is 0 Å². The van der Waals surface area contributed by atoms with Gasteiger partial charge in [-0.05, 0) is 198 Å². The Morgan fingerprint density at radius 3 is 1.27 bits per heavy atom. The van der Waals surface area contributed by atoms with Gasteiger partial charge in [-0.3, -0.25) is 20.2 Å². The lowest BCUT2D eigenvalue weighted by Crippen LogP contribution is -2.59. The highest BCUT2D eigenvalue weighted by atomic mass is 32.2. The average Bonchev–Trinajstić information content (AvgIpc) is 1.49. The summed E-state index contributed by atoms with van der Waals surface area (Å²) in [5.74, 6) is -13.8. The summed E-state index contributed by atoms with van der Waals surface area (Å²) in [5.41, 5.74) is 0.887. The van der Waals surface area contributed by atoms with E-state index in [1.165, 1.54) is 59.9 Å². The maximum Gasteiger partial charge on any atom is 0.380 e. The highest BCUT2D eigenvalue weighted by Gasteiger charge is 2.84. The fourth-order valence-corrected chi connectivity index (χ4v) is 18.2. The van der Waals surface area contributed by atoms with Crippen LogP contribution in [-0.2, 0) is 10.8 Å². The van der Waals surface area contributed by atoms with Gasteiger partial charge in [-0.15, -0.1) is 23.5 Å². The summed E-state index contributed by atoms with van der Waals surface area (Å²) < 4.78 is 120. The molecule has 14 rings (SSSR count). The van der Waals surface area contributed by atoms with Crippen molar-refractivity contribution >= 4 is 68.2 Å². The van der Waals surface area contributed by atoms with Crippen molar-refractivity contribution in [3.05, 3.63) is 234 Å². The molecule has 0 N–H and O–H groups in total. The molecule has 93 heavy (non-hydrogen) atoms. The number of para-hydroxylation sites is 2. The SMILES string of the molecule is CC1(C)c2ccccc2N(CCCCCOc2ccc(C3=CC4=C5C(=C6C=C(c7ccc(OCCCCCN8c9ccccc9C(C)(C)C89C=Cc8cc([N+](=O)[O-])ccc8O9)cc7)S[C@]6(C)[C@@]4(C)S3)C(F)(F)C(F)(F)C5(F)F)cc2)C12C=Cc1cc([N+](=O)[O-])ccc1O2. The van der Waals surface area contributed by atoms with Crippen molar-refractivity contribution in [3.8, 4) is 23.0 Å². The molecule has 6 heterocycles. The van der Waals surface area contributed by atoms with Crippen molar-refractivity contribution < 1.29 is 55.1 Å². The van der Waals surface area contributed by atoms with Crippen LogP contribution >= 0.6 is 23.5 Å². The topological polar surface area (TPSA) is 130 Å². The molecule has 4 atom stereocenters. The lowest BCUT2D eigenvalue weighted by Gasteiger charge is -2.47. The maximum absolute atomic E-state index is 16.3. The molecule has 2 unspecified atom stereocenters. The zero-order valence-corrected chi connectivity index (χ0v) is 53.5. The summed E-state index contributed by atoms with van der Waals surface area (Å²) in [6.07, 6.45) is 15.2. The third-order valence-corrected chi connectivity index (χ3v) is 23.8. The van der Waals surface area contributed by atoms with Gasteiger partial charge in [0.1, 0.15) is 23.0 Å². The Kier molecular flexibility index (Phi) is 14.6. The first kappa shape index (κ1) is 62.1. The zero-order chi connectivity index (χ0) is 65.5. The van der Waals surface area contributed by atoms with Gasteiger partial charge >= 0.3 is 17.8 Å². The standard InChI is InChI=1S/C73H66F6N4O8S2/c1-65(2)53-17-9-11-19-57(53)80(69(65)35-33-47-41-49(82(84)85)25-31-59(47)90-69)37-13-7-15-39-88-51-27-21-45(22-28-51)61-43-55-63-64(72(76,77)73(78,79)71(63,74)75)56-44-62(93-68(56,6)67(55,5)92-61)46-23-29-52(30-24-46)89-40-16-8-14-38-81-58-20-12-10-18-54(58)66(3,4)70(81)36-34-48-42-50(83(86)87)26-32-60(48)91-70/h9-12,17-36,41-44H,7-8,13-16,37-40H2,1-6H3/t67-,68-,69?,70?/m0/s1. The van der Waals surface area contributed by atoms with Gasteiger partial charge in [-0.25, -0.2) is 0 Å². The van der Waals surface area contributed by atoms with E-state index in [9.17, 15) is 20.2 Å². The summed E-state index contributed by atoms with van der Waals surface area (Å²) in [7, 11) is 0. The second-order valence-electron chi connectivity index (χ2n) is 26.3. The number of rotatable bonds is 18. The Labute approximate surface area is 543 Å². The summed E-state index contributed by atoms with van der Waals surface area (Å²) in [4.78, 5) is 27.7. The van der Waals surface area contributed by atoms with Crippen LogP contribution in [-0.4, -0.2) is 74.9 Å². The van der Waals surface area contributed by atoms with Gasteiger partial charge in [0.2, 0.25) is 11.4 Å². The number of halogens is 6. The molecule has 0 amide bonds. The summed E-state index contributed by atoms with van der Waals surface area (Å²) in [6, 6.07) is 39.7. The molecule has 2 aliphatic carbocycles. The first-order chi connectivity index (χ1) is 44.2. The lowest BCUT2D eigenvalue weighted by molar-refractivity contribution is -0.385. The molecule has 6 aromatic rings. The number of fused-ring (bicyclic) bond motifs is 8. The van der Waals surface area contributed by atoms with Crippen LogP contribution in [0.3, 0.4) is 0 Å². The minimum atomic E-state index is -5.69. The van der Waals surface area contributed by atoms with Crippen LogP contribution < -0.4 is 28.7 Å². The van der Waals surface area contributed by atoms with Crippen molar-refractivity contribution in [2.75, 3.05) is 36.1 Å². The quantitative estimate of drug-likeness (QED) is 0.0351. The van der Waals surface area contributed by atoms with Crippen LogP contribution in [0.2, 0.25) is 0 Å². The number of nitrogens with zero attached hydrogens (tertiary/aromatic N) is 4. The molecule has 8 aliphatic rings. The van der Waals surface area contributed by atoms with E-state index in [1.807, 2.05) is 48.6 Å². The van der Waals surface area contributed by atoms with Crippen LogP contribution in [0.4, 0.5) is 49.1 Å². The molecule has 12 nitrogen and oxygen atoms in total. The van der Waals surface area contributed by atoms with Gasteiger partial charge in [0.05, 0.1) is 43.4 Å². The maximum atomic E-state index is 16.3. The number of thioether (sulfide) groups is 2. The number of ether oxygens (including phenoxy) is 4. The van der Waals surface area contributed by atoms with Gasteiger partial charge < -0.3 is 28.7 Å². The number of anilines is 2. The second kappa shape index (κ2) is 21.9. The minimum absolute atomic E-state index is 0.0134. The van der Waals surface area contributed by atoms with E-state index in [1.54, 1.807) is 74.5 Å². The third kappa shape index (κ3) is 9.16. The number of non-ortho nitro benzene ring substituents is 2. The van der Waals surface area contributed by atoms with E-state index in [4.69, 9.17) is 18.9 Å². The second-order valence-corrected chi connectivity index (χ2v) is 29.2. The summed E-state index contributed by atoms with van der Waals surface area (Å²) >= 11 is 2.40. The Bertz CT molecular complexity index is 4050. The lowest BCUT2D eigenvalue weighted by atomic mass is 9.71. The first-order valence-electron chi connectivity index (χ1n) is 31.2. The van der Waals surface area contributed by atoms with Crippen LogP contribution in [0, 0.1) is 20.2 Å². The van der Waals surface area contributed by atoms with E-state index in [0.29, 0.717) is 94.2 Å². The summed E-state index contributed by atoms with van der Waals surface area (Å²) in [6.45, 7) is 14.0. The summed E-state index contributed by atoms with van der Waals surface area (Å²) in [5, 5.41) is 23.1. The largest absolute Gasteiger partial charge is 0.494 e. The smallest absolute Gasteiger partial charge is 0.380 e. The van der Waals surface area contributed by atoms with E-state index >= 15 is 26.3 Å². The number of benzene rings is 6. The van der Waals surface area contributed by atoms with Crippen molar-refractivity contribution in [1.29, 1.82) is 0 Å². The molecule has 1 fully saturated rings. The Morgan fingerprint density at radius 2 is 0.882 bits per heavy atom. The minimum Gasteiger partial charge on any atom is -0.494 e. The molecular formula is C73H66F6N4O8S2. The number of nitro groups is 2.